The van der Waals surface area contributed by atoms with E-state index in [1.807, 2.05) is 12.1 Å². The van der Waals surface area contributed by atoms with Crippen LogP contribution in [0.5, 0.6) is 0 Å². The molecule has 6 heteroatoms. The van der Waals surface area contributed by atoms with E-state index in [0.29, 0.717) is 22.4 Å². The molecule has 0 aliphatic carbocycles. The molecule has 0 aliphatic heterocycles. The van der Waals surface area contributed by atoms with E-state index in [0.717, 1.165) is 36.6 Å². The molecule has 2 nitrogen and oxygen atoms in total. The molecular weight excluding hydrogens is 394 g/mol. The average Bonchev–Trinajstić information content (AvgIpc) is 2.53. The molecule has 0 aromatic heterocycles. The molecule has 2 aromatic rings. The third kappa shape index (κ3) is 6.57. The van der Waals surface area contributed by atoms with Crippen molar-refractivity contribution in [3.8, 4) is 0 Å². The van der Waals surface area contributed by atoms with Gasteiger partial charge in [-0.05, 0) is 67.0 Å². The predicted molar refractivity (Wildman–Crippen MR) is 109 cm³/mol. The van der Waals surface area contributed by atoms with Crippen LogP contribution in [0.15, 0.2) is 41.3 Å². The van der Waals surface area contributed by atoms with Crippen LogP contribution >= 0.6 is 23.2 Å². The van der Waals surface area contributed by atoms with Crippen molar-refractivity contribution in [1.29, 1.82) is 0 Å². The predicted octanol–water partition coefficient (Wildman–Crippen LogP) is 6.37. The largest absolute Gasteiger partial charge is 0.224 e. The second kappa shape index (κ2) is 9.72. The van der Waals surface area contributed by atoms with Crippen LogP contribution in [0.3, 0.4) is 0 Å². The lowest BCUT2D eigenvalue weighted by Crippen LogP contribution is -2.03. The van der Waals surface area contributed by atoms with E-state index >= 15 is 0 Å². The molecule has 0 saturated carbocycles. The zero-order valence-electron chi connectivity index (χ0n) is 14.2. The summed E-state index contributed by atoms with van der Waals surface area (Å²) >= 11 is 11.9. The molecule has 0 fully saturated rings. The number of benzene rings is 2. The van der Waals surface area contributed by atoms with E-state index in [1.165, 1.54) is 12.1 Å². The number of rotatable bonds is 7. The Morgan fingerprint density at radius 3 is 2.00 bits per heavy atom. The summed E-state index contributed by atoms with van der Waals surface area (Å²) in [6.45, 7) is 2.15. The normalized spacial score (nSPS) is 12.5. The molecule has 0 bridgehead atoms. The van der Waals surface area contributed by atoms with E-state index in [4.69, 9.17) is 23.2 Å². The molecule has 1 atom stereocenters. The number of hydrogen-bond acceptors (Lipinski definition) is 2. The van der Waals surface area contributed by atoms with Crippen molar-refractivity contribution in [2.45, 2.75) is 44.9 Å². The highest BCUT2D eigenvalue weighted by atomic mass is 35.5. The van der Waals surface area contributed by atoms with E-state index < -0.39 is 15.7 Å². The third-order valence-corrected chi connectivity index (χ3v) is 6.10. The molecule has 2 aromatic carbocycles. The zero-order chi connectivity index (χ0) is 18.6. The van der Waals surface area contributed by atoms with Crippen molar-refractivity contribution in [2.24, 2.45) is 5.92 Å². The lowest BCUT2D eigenvalue weighted by molar-refractivity contribution is 0.491. The van der Waals surface area contributed by atoms with Gasteiger partial charge in [-0.15, -0.1) is 0 Å². The highest BCUT2D eigenvalue weighted by Gasteiger charge is 2.14. The van der Waals surface area contributed by atoms with Gasteiger partial charge in [0.25, 0.3) is 0 Å². The highest BCUT2D eigenvalue weighted by Crippen LogP contribution is 2.24. The standard InChI is InChI=1S/C19H21Cl2FO2S.CH4/c1-13(3-5-14-7-9-16(20)17(21)11-14)4-6-15-8-10-19(18(22)12-15)25(2,23)24;/h7-13H,3-6H2,1-2H3;1H4. The molecule has 2 rings (SSSR count). The summed E-state index contributed by atoms with van der Waals surface area (Å²) in [6, 6.07) is 10.0. The first-order chi connectivity index (χ1) is 11.7. The maximum Gasteiger partial charge on any atom is 0.178 e. The van der Waals surface area contributed by atoms with Crippen LogP contribution in [0.4, 0.5) is 4.39 Å². The van der Waals surface area contributed by atoms with Crippen LogP contribution < -0.4 is 0 Å². The van der Waals surface area contributed by atoms with Crippen molar-refractivity contribution in [2.75, 3.05) is 6.26 Å². The van der Waals surface area contributed by atoms with Crippen LogP contribution in [0.25, 0.3) is 0 Å². The van der Waals surface area contributed by atoms with Crippen LogP contribution in [0, 0.1) is 11.7 Å². The number of aryl methyl sites for hydroxylation is 2. The van der Waals surface area contributed by atoms with Gasteiger partial charge in [-0.2, -0.15) is 0 Å². The Labute approximate surface area is 166 Å². The smallest absolute Gasteiger partial charge is 0.178 e. The summed E-state index contributed by atoms with van der Waals surface area (Å²) in [5, 5.41) is 1.12. The fourth-order valence-corrected chi connectivity index (χ4v) is 3.72. The van der Waals surface area contributed by atoms with Gasteiger partial charge in [-0.25, -0.2) is 12.8 Å². The number of halogens is 3. The van der Waals surface area contributed by atoms with Crippen LogP contribution in [0.2, 0.25) is 10.0 Å². The minimum Gasteiger partial charge on any atom is -0.224 e. The van der Waals surface area contributed by atoms with Crippen molar-refractivity contribution in [1.82, 2.24) is 0 Å². The van der Waals surface area contributed by atoms with Gasteiger partial charge < -0.3 is 0 Å². The highest BCUT2D eigenvalue weighted by molar-refractivity contribution is 7.90. The molecule has 0 amide bonds. The molecule has 0 radical (unpaired) electrons. The lowest BCUT2D eigenvalue weighted by atomic mass is 9.95. The minimum atomic E-state index is -3.52. The summed E-state index contributed by atoms with van der Waals surface area (Å²) in [6.07, 6.45) is 4.51. The summed E-state index contributed by atoms with van der Waals surface area (Å²) in [4.78, 5) is -0.246. The van der Waals surface area contributed by atoms with Gasteiger partial charge in [0.05, 0.1) is 10.0 Å². The van der Waals surface area contributed by atoms with Crippen molar-refractivity contribution < 1.29 is 12.8 Å². The summed E-state index contributed by atoms with van der Waals surface area (Å²) in [7, 11) is -3.52. The van der Waals surface area contributed by atoms with Crippen molar-refractivity contribution >= 4 is 33.0 Å². The molecule has 1 unspecified atom stereocenters. The Kier molecular flexibility index (Phi) is 8.58. The topological polar surface area (TPSA) is 34.1 Å². The van der Waals surface area contributed by atoms with Crippen LogP contribution in [0.1, 0.15) is 38.3 Å². The van der Waals surface area contributed by atoms with E-state index in [1.54, 1.807) is 12.1 Å². The van der Waals surface area contributed by atoms with Gasteiger partial charge >= 0.3 is 0 Å². The maximum atomic E-state index is 13.9. The average molecular weight is 419 g/mol. The molecule has 0 heterocycles. The second-order valence-corrected chi connectivity index (χ2v) is 9.27. The zero-order valence-corrected chi connectivity index (χ0v) is 16.6. The molecule has 0 aliphatic rings. The molecule has 0 spiro atoms. The van der Waals surface area contributed by atoms with Crippen LogP contribution in [-0.4, -0.2) is 14.7 Å². The maximum absolute atomic E-state index is 13.9. The molecule has 144 valence electrons. The minimum absolute atomic E-state index is 0. The Bertz CT molecular complexity index is 851. The molecule has 0 N–H and O–H groups in total. The van der Waals surface area contributed by atoms with Gasteiger partial charge in [0.1, 0.15) is 10.7 Å². The summed E-state index contributed by atoms with van der Waals surface area (Å²) in [5.41, 5.74) is 1.95. The fraction of sp³-hybridized carbons (Fsp3) is 0.400. The number of sulfone groups is 1. The second-order valence-electron chi connectivity index (χ2n) is 6.47. The van der Waals surface area contributed by atoms with E-state index in [2.05, 4.69) is 6.92 Å². The molecule has 26 heavy (non-hydrogen) atoms. The summed E-state index contributed by atoms with van der Waals surface area (Å²) in [5.74, 6) is -0.226. The van der Waals surface area contributed by atoms with Crippen molar-refractivity contribution in [3.63, 3.8) is 0 Å². The van der Waals surface area contributed by atoms with Crippen molar-refractivity contribution in [3.05, 3.63) is 63.4 Å². The lowest BCUT2D eigenvalue weighted by Gasteiger charge is -2.12. The first-order valence-electron chi connectivity index (χ1n) is 8.09. The fourth-order valence-electron chi connectivity index (χ4n) is 2.67. The summed E-state index contributed by atoms with van der Waals surface area (Å²) < 4.78 is 36.8. The quantitative estimate of drug-likeness (QED) is 0.522. The van der Waals surface area contributed by atoms with Gasteiger partial charge in [0.2, 0.25) is 0 Å². The molecular formula is C20H25Cl2FO2S. The van der Waals surface area contributed by atoms with E-state index in [9.17, 15) is 12.8 Å². The Hall–Kier alpha value is -1.10. The third-order valence-electron chi connectivity index (χ3n) is 4.23. The van der Waals surface area contributed by atoms with Crippen LogP contribution in [-0.2, 0) is 22.7 Å². The first-order valence-corrected chi connectivity index (χ1v) is 10.7. The van der Waals surface area contributed by atoms with Gasteiger partial charge in [-0.3, -0.25) is 0 Å². The Morgan fingerprint density at radius 1 is 0.962 bits per heavy atom. The monoisotopic (exact) mass is 418 g/mol. The molecule has 0 saturated heterocycles. The van der Waals surface area contributed by atoms with Gasteiger partial charge in [-0.1, -0.05) is 49.7 Å². The first kappa shape index (κ1) is 22.9. The van der Waals surface area contributed by atoms with Gasteiger partial charge in [0.15, 0.2) is 9.84 Å². The Balaban J connectivity index is 0.00000338. The van der Waals surface area contributed by atoms with E-state index in [-0.39, 0.29) is 12.3 Å². The SMILES string of the molecule is C.CC(CCc1ccc(S(C)(=O)=O)c(F)c1)CCc1ccc(Cl)c(Cl)c1. The Morgan fingerprint density at radius 2 is 1.50 bits per heavy atom. The number of hydrogen-bond donors (Lipinski definition) is 0. The van der Waals surface area contributed by atoms with Gasteiger partial charge in [0, 0.05) is 6.26 Å².